The van der Waals surface area contributed by atoms with E-state index in [0.29, 0.717) is 6.54 Å². The van der Waals surface area contributed by atoms with Gasteiger partial charge < -0.3 is 15.5 Å². The SMILES string of the molecule is CCCCNC(=O)c1cc(-c2cccc3ccncc23)c2cc3ccccc3cc2c1N1CCNCC1.Cl. The first-order valence-electron chi connectivity index (χ1n) is 13.3. The van der Waals surface area contributed by atoms with Gasteiger partial charge in [-0.15, -0.1) is 12.4 Å². The maximum atomic E-state index is 13.8. The molecule has 194 valence electrons. The molecule has 2 N–H and O–H groups in total. The number of unbranched alkanes of at least 4 members (excludes halogenated alkanes) is 1. The van der Waals surface area contributed by atoms with Crippen molar-refractivity contribution in [1.29, 1.82) is 0 Å². The Morgan fingerprint density at radius 3 is 2.39 bits per heavy atom. The topological polar surface area (TPSA) is 57.3 Å². The van der Waals surface area contributed by atoms with Crippen LogP contribution < -0.4 is 15.5 Å². The standard InChI is InChI=1S/C32H32N4O.ClH/c1-2-3-12-35-32(37)29-20-27(25-10-6-9-22-11-13-34-21-30(22)25)26-18-23-7-4-5-8-24(23)19-28(26)31(29)36-16-14-33-15-17-36;/h4-11,13,18-21,33H,2-3,12,14-17H2,1H3,(H,35,37);1H. The summed E-state index contributed by atoms with van der Waals surface area (Å²) in [6.45, 7) is 6.38. The first-order valence-corrected chi connectivity index (χ1v) is 13.3. The summed E-state index contributed by atoms with van der Waals surface area (Å²) < 4.78 is 0. The molecule has 6 heteroatoms. The van der Waals surface area contributed by atoms with E-state index in [1.165, 1.54) is 10.8 Å². The fourth-order valence-corrected chi connectivity index (χ4v) is 5.54. The van der Waals surface area contributed by atoms with E-state index < -0.39 is 0 Å². The van der Waals surface area contributed by atoms with Gasteiger partial charge in [0.25, 0.3) is 5.91 Å². The highest BCUT2D eigenvalue weighted by molar-refractivity contribution is 6.18. The Morgan fingerprint density at radius 1 is 0.895 bits per heavy atom. The molecule has 6 rings (SSSR count). The van der Waals surface area contributed by atoms with E-state index in [4.69, 9.17) is 0 Å². The average Bonchev–Trinajstić information content (AvgIpc) is 2.95. The maximum Gasteiger partial charge on any atom is 0.253 e. The van der Waals surface area contributed by atoms with Crippen molar-refractivity contribution >= 4 is 56.3 Å². The molecule has 0 saturated carbocycles. The summed E-state index contributed by atoms with van der Waals surface area (Å²) in [5, 5.41) is 13.6. The summed E-state index contributed by atoms with van der Waals surface area (Å²) in [5.41, 5.74) is 3.95. The summed E-state index contributed by atoms with van der Waals surface area (Å²) in [6.07, 6.45) is 5.78. The normalized spacial score (nSPS) is 13.6. The van der Waals surface area contributed by atoms with Crippen LogP contribution >= 0.6 is 12.4 Å². The van der Waals surface area contributed by atoms with Crippen molar-refractivity contribution in [3.8, 4) is 11.1 Å². The van der Waals surface area contributed by atoms with E-state index in [1.807, 2.05) is 18.5 Å². The second-order valence-corrected chi connectivity index (χ2v) is 9.81. The van der Waals surface area contributed by atoms with Crippen molar-refractivity contribution in [3.05, 3.63) is 84.7 Å². The number of rotatable bonds is 6. The Kier molecular flexibility index (Phi) is 7.77. The van der Waals surface area contributed by atoms with Crippen LogP contribution in [0.1, 0.15) is 30.1 Å². The lowest BCUT2D eigenvalue weighted by Crippen LogP contribution is -2.44. The number of nitrogens with one attached hydrogen (secondary N) is 2. The van der Waals surface area contributed by atoms with Crippen LogP contribution in [-0.2, 0) is 0 Å². The van der Waals surface area contributed by atoms with Gasteiger partial charge in [0.05, 0.1) is 11.3 Å². The van der Waals surface area contributed by atoms with Gasteiger partial charge in [-0.05, 0) is 63.4 Å². The Labute approximate surface area is 229 Å². The summed E-state index contributed by atoms with van der Waals surface area (Å²) in [6, 6.07) is 23.6. The Hall–Kier alpha value is -3.67. The fraction of sp³-hybridized carbons (Fsp3) is 0.250. The van der Waals surface area contributed by atoms with E-state index in [-0.39, 0.29) is 18.3 Å². The van der Waals surface area contributed by atoms with Crippen molar-refractivity contribution in [3.63, 3.8) is 0 Å². The van der Waals surface area contributed by atoms with E-state index in [1.54, 1.807) is 0 Å². The third kappa shape index (κ3) is 4.80. The first kappa shape index (κ1) is 26.0. The predicted octanol–water partition coefficient (Wildman–Crippen LogP) is 6.57. The number of carbonyl (C=O) groups is 1. The lowest BCUT2D eigenvalue weighted by molar-refractivity contribution is 0.0953. The van der Waals surface area contributed by atoms with E-state index in [2.05, 4.69) is 88.1 Å². The zero-order chi connectivity index (χ0) is 25.2. The number of benzene rings is 4. The minimum Gasteiger partial charge on any atom is -0.368 e. The number of amides is 1. The molecule has 0 radical (unpaired) electrons. The summed E-state index contributed by atoms with van der Waals surface area (Å²) in [7, 11) is 0. The second kappa shape index (κ2) is 11.4. The number of hydrogen-bond donors (Lipinski definition) is 2. The molecule has 0 bridgehead atoms. The molecule has 5 nitrogen and oxygen atoms in total. The largest absolute Gasteiger partial charge is 0.368 e. The van der Waals surface area contributed by atoms with E-state index >= 15 is 0 Å². The Bertz CT molecular complexity index is 1610. The van der Waals surface area contributed by atoms with Crippen LogP contribution in [0.15, 0.2) is 79.1 Å². The molecule has 1 aliphatic rings. The van der Waals surface area contributed by atoms with Crippen molar-refractivity contribution in [2.75, 3.05) is 37.6 Å². The van der Waals surface area contributed by atoms with Gasteiger partial charge >= 0.3 is 0 Å². The van der Waals surface area contributed by atoms with Crippen LogP contribution in [0.4, 0.5) is 5.69 Å². The van der Waals surface area contributed by atoms with Crippen LogP contribution in [0.5, 0.6) is 0 Å². The first-order chi connectivity index (χ1) is 18.2. The smallest absolute Gasteiger partial charge is 0.253 e. The molecule has 1 fully saturated rings. The Morgan fingerprint density at radius 2 is 1.63 bits per heavy atom. The third-order valence-corrected chi connectivity index (χ3v) is 7.44. The molecule has 4 aromatic carbocycles. The summed E-state index contributed by atoms with van der Waals surface area (Å²) in [5.74, 6) is -0.00310. The zero-order valence-electron chi connectivity index (χ0n) is 21.7. The molecule has 0 spiro atoms. The molecule has 0 atom stereocenters. The van der Waals surface area contributed by atoms with Crippen molar-refractivity contribution < 1.29 is 4.79 Å². The molecule has 38 heavy (non-hydrogen) atoms. The lowest BCUT2D eigenvalue weighted by atomic mass is 9.89. The molecular weight excluding hydrogens is 492 g/mol. The number of anilines is 1. The van der Waals surface area contributed by atoms with Gasteiger partial charge in [-0.1, -0.05) is 55.8 Å². The molecular formula is C32H33ClN4O. The lowest BCUT2D eigenvalue weighted by Gasteiger charge is -2.33. The number of piperazine rings is 1. The third-order valence-electron chi connectivity index (χ3n) is 7.44. The maximum absolute atomic E-state index is 13.8. The quantitative estimate of drug-likeness (QED) is 0.195. The molecule has 1 aliphatic heterocycles. The number of pyridine rings is 1. The number of fused-ring (bicyclic) bond motifs is 3. The van der Waals surface area contributed by atoms with Crippen molar-refractivity contribution in [1.82, 2.24) is 15.6 Å². The number of hydrogen-bond acceptors (Lipinski definition) is 4. The summed E-state index contributed by atoms with van der Waals surface area (Å²) >= 11 is 0. The van der Waals surface area contributed by atoms with Crippen LogP contribution in [0.25, 0.3) is 43.4 Å². The highest BCUT2D eigenvalue weighted by Gasteiger charge is 2.24. The number of aromatic nitrogens is 1. The van der Waals surface area contributed by atoms with Crippen LogP contribution in [0.2, 0.25) is 0 Å². The average molecular weight is 525 g/mol. The molecule has 1 amide bonds. The van der Waals surface area contributed by atoms with Gasteiger partial charge in [-0.3, -0.25) is 9.78 Å². The van der Waals surface area contributed by atoms with Gasteiger partial charge in [0.15, 0.2) is 0 Å². The van der Waals surface area contributed by atoms with Gasteiger partial charge in [-0.2, -0.15) is 0 Å². The van der Waals surface area contributed by atoms with Crippen LogP contribution in [-0.4, -0.2) is 43.6 Å². The number of carbonyl (C=O) groups excluding carboxylic acids is 1. The fourth-order valence-electron chi connectivity index (χ4n) is 5.54. The number of halogens is 1. The predicted molar refractivity (Wildman–Crippen MR) is 162 cm³/mol. The van der Waals surface area contributed by atoms with Gasteiger partial charge in [0.2, 0.25) is 0 Å². The van der Waals surface area contributed by atoms with Crippen molar-refractivity contribution in [2.24, 2.45) is 0 Å². The zero-order valence-corrected chi connectivity index (χ0v) is 22.5. The monoisotopic (exact) mass is 524 g/mol. The van der Waals surface area contributed by atoms with Gasteiger partial charge in [0, 0.05) is 55.9 Å². The van der Waals surface area contributed by atoms with E-state index in [9.17, 15) is 4.79 Å². The minimum absolute atomic E-state index is 0. The second-order valence-electron chi connectivity index (χ2n) is 9.81. The molecule has 0 unspecified atom stereocenters. The highest BCUT2D eigenvalue weighted by Crippen LogP contribution is 2.42. The molecule has 0 aliphatic carbocycles. The van der Waals surface area contributed by atoms with E-state index in [0.717, 1.165) is 82.9 Å². The molecule has 2 heterocycles. The number of nitrogens with zero attached hydrogens (tertiary/aromatic N) is 2. The van der Waals surface area contributed by atoms with Gasteiger partial charge in [0.1, 0.15) is 0 Å². The van der Waals surface area contributed by atoms with Gasteiger partial charge in [-0.25, -0.2) is 0 Å². The molecule has 5 aromatic rings. The highest BCUT2D eigenvalue weighted by atomic mass is 35.5. The summed E-state index contributed by atoms with van der Waals surface area (Å²) in [4.78, 5) is 20.6. The van der Waals surface area contributed by atoms with Crippen molar-refractivity contribution in [2.45, 2.75) is 19.8 Å². The van der Waals surface area contributed by atoms with Crippen LogP contribution in [0, 0.1) is 0 Å². The minimum atomic E-state index is -0.00310. The van der Waals surface area contributed by atoms with Crippen LogP contribution in [0.3, 0.4) is 0 Å². The molecule has 1 aromatic heterocycles. The molecule has 1 saturated heterocycles. The Balaban J connectivity index is 0.00000294.